The number of nitrogens with zero attached hydrogens (tertiary/aromatic N) is 1. The van der Waals surface area contributed by atoms with Crippen LogP contribution in [0.4, 0.5) is 4.39 Å². The van der Waals surface area contributed by atoms with E-state index >= 15 is 0 Å². The predicted octanol–water partition coefficient (Wildman–Crippen LogP) is 5.54. The van der Waals surface area contributed by atoms with E-state index in [0.29, 0.717) is 6.54 Å². The Morgan fingerprint density at radius 2 is 1.67 bits per heavy atom. The molecule has 1 atom stereocenters. The number of rotatable bonds is 4. The highest BCUT2D eigenvalue weighted by Crippen LogP contribution is 2.34. The summed E-state index contributed by atoms with van der Waals surface area (Å²) in [7, 11) is 0. The second-order valence-electron chi connectivity index (χ2n) is 8.97. The molecule has 1 unspecified atom stereocenters. The van der Waals surface area contributed by atoms with Crippen molar-refractivity contribution in [1.82, 2.24) is 4.57 Å². The topological polar surface area (TPSA) is 25.2 Å². The van der Waals surface area contributed by atoms with Gasteiger partial charge in [-0.25, -0.2) is 4.39 Å². The molecule has 2 nitrogen and oxygen atoms in total. The van der Waals surface area contributed by atoms with Crippen molar-refractivity contribution in [3.63, 3.8) is 0 Å². The molecular formula is C21H32FNO. The predicted molar refractivity (Wildman–Crippen MR) is 100 cm³/mol. The number of aliphatic hydroxyl groups excluding tert-OH is 1. The van der Waals surface area contributed by atoms with Crippen LogP contribution >= 0.6 is 0 Å². The molecule has 1 N–H and O–H groups in total. The lowest BCUT2D eigenvalue weighted by Gasteiger charge is -2.24. The van der Waals surface area contributed by atoms with Crippen LogP contribution in [-0.2, 0) is 17.4 Å². The fourth-order valence-corrected chi connectivity index (χ4v) is 3.31. The molecule has 1 aromatic carbocycles. The maximum atomic E-state index is 14.7. The molecule has 1 heterocycles. The quantitative estimate of drug-likeness (QED) is 0.781. The van der Waals surface area contributed by atoms with E-state index in [2.05, 4.69) is 38.3 Å². The molecule has 2 aromatic rings. The minimum Gasteiger partial charge on any atom is -0.391 e. The summed E-state index contributed by atoms with van der Waals surface area (Å²) in [6.45, 7) is 15.1. The van der Waals surface area contributed by atoms with Crippen molar-refractivity contribution in [2.24, 2.45) is 0 Å². The van der Waals surface area contributed by atoms with Crippen molar-refractivity contribution < 1.29 is 9.50 Å². The number of hydrogen-bond acceptors (Lipinski definition) is 1. The fraction of sp³-hybridized carbons (Fsp3) is 0.619. The molecule has 3 heteroatoms. The zero-order valence-corrected chi connectivity index (χ0v) is 16.2. The van der Waals surface area contributed by atoms with E-state index < -0.39 is 6.10 Å². The molecule has 0 amide bonds. The van der Waals surface area contributed by atoms with Gasteiger partial charge >= 0.3 is 0 Å². The van der Waals surface area contributed by atoms with Gasteiger partial charge in [0.2, 0.25) is 0 Å². The molecule has 0 aliphatic heterocycles. The van der Waals surface area contributed by atoms with Crippen molar-refractivity contribution in [2.75, 3.05) is 0 Å². The van der Waals surface area contributed by atoms with Crippen LogP contribution in [0.15, 0.2) is 18.2 Å². The summed E-state index contributed by atoms with van der Waals surface area (Å²) in [5, 5.41) is 11.4. The third kappa shape index (κ3) is 3.83. The summed E-state index contributed by atoms with van der Waals surface area (Å²) in [6, 6.07) is 5.77. The van der Waals surface area contributed by atoms with Gasteiger partial charge in [0.15, 0.2) is 0 Å². The molecule has 0 fully saturated rings. The van der Waals surface area contributed by atoms with E-state index in [0.717, 1.165) is 35.0 Å². The standard InChI is InChI=1S/C21H32FNO/c1-8-9-15(24)13-23-18-12-17(22)16(20(2,3)4)10-14(18)11-19(23)21(5,6)7/h10-12,15,24H,8-9,13H2,1-7H3. The van der Waals surface area contributed by atoms with E-state index in [4.69, 9.17) is 0 Å². The Labute approximate surface area is 145 Å². The zero-order valence-electron chi connectivity index (χ0n) is 16.2. The van der Waals surface area contributed by atoms with Gasteiger partial charge < -0.3 is 9.67 Å². The first-order chi connectivity index (χ1) is 10.9. The molecule has 0 bridgehead atoms. The summed E-state index contributed by atoms with van der Waals surface area (Å²) in [6.07, 6.45) is 1.29. The van der Waals surface area contributed by atoms with Crippen molar-refractivity contribution in [3.05, 3.63) is 35.3 Å². The first-order valence-electron chi connectivity index (χ1n) is 8.97. The second kappa shape index (κ2) is 6.51. The maximum absolute atomic E-state index is 14.7. The summed E-state index contributed by atoms with van der Waals surface area (Å²) < 4.78 is 16.8. The highest BCUT2D eigenvalue weighted by atomic mass is 19.1. The fourth-order valence-electron chi connectivity index (χ4n) is 3.31. The molecule has 1 aromatic heterocycles. The monoisotopic (exact) mass is 333 g/mol. The number of aliphatic hydroxyl groups is 1. The summed E-state index contributed by atoms with van der Waals surface area (Å²) >= 11 is 0. The molecule has 0 aliphatic carbocycles. The maximum Gasteiger partial charge on any atom is 0.129 e. The Hall–Kier alpha value is -1.35. The van der Waals surface area contributed by atoms with Crippen molar-refractivity contribution >= 4 is 10.9 Å². The third-order valence-electron chi connectivity index (χ3n) is 4.58. The SMILES string of the molecule is CCCC(O)Cn1c(C(C)(C)C)cc2cc(C(C)(C)C)c(F)cc21. The Kier molecular flexibility index (Phi) is 5.15. The van der Waals surface area contributed by atoms with E-state index in [9.17, 15) is 9.50 Å². The van der Waals surface area contributed by atoms with Crippen molar-refractivity contribution in [2.45, 2.75) is 84.8 Å². The van der Waals surface area contributed by atoms with Crippen molar-refractivity contribution in [1.29, 1.82) is 0 Å². The molecule has 0 radical (unpaired) electrons. The number of benzene rings is 1. The number of fused-ring (bicyclic) bond motifs is 1. The molecule has 134 valence electrons. The summed E-state index contributed by atoms with van der Waals surface area (Å²) in [4.78, 5) is 0. The van der Waals surface area contributed by atoms with Crippen molar-refractivity contribution in [3.8, 4) is 0 Å². The third-order valence-corrected chi connectivity index (χ3v) is 4.58. The smallest absolute Gasteiger partial charge is 0.129 e. The number of hydrogen-bond donors (Lipinski definition) is 1. The first-order valence-corrected chi connectivity index (χ1v) is 8.97. The van der Waals surface area contributed by atoms with Crippen LogP contribution in [0.3, 0.4) is 0 Å². The molecule has 0 aliphatic rings. The largest absolute Gasteiger partial charge is 0.391 e. The van der Waals surface area contributed by atoms with Crippen LogP contribution in [0.25, 0.3) is 10.9 Å². The summed E-state index contributed by atoms with van der Waals surface area (Å²) in [5.41, 5.74) is 2.45. The molecular weight excluding hydrogens is 301 g/mol. The normalized spacial score (nSPS) is 14.4. The van der Waals surface area contributed by atoms with Gasteiger partial charge in [-0.3, -0.25) is 0 Å². The van der Waals surface area contributed by atoms with Crippen LogP contribution in [-0.4, -0.2) is 15.8 Å². The Balaban J connectivity index is 2.66. The zero-order chi connectivity index (χ0) is 18.3. The first kappa shape index (κ1) is 19.0. The number of halogens is 1. The van der Waals surface area contributed by atoms with Crippen LogP contribution in [0.5, 0.6) is 0 Å². The van der Waals surface area contributed by atoms with Gasteiger partial charge in [0.25, 0.3) is 0 Å². The highest BCUT2D eigenvalue weighted by Gasteiger charge is 2.25. The molecule has 24 heavy (non-hydrogen) atoms. The van der Waals surface area contributed by atoms with Gasteiger partial charge in [-0.05, 0) is 35.6 Å². The van der Waals surface area contributed by atoms with E-state index in [1.165, 1.54) is 0 Å². The van der Waals surface area contributed by atoms with Gasteiger partial charge in [0.05, 0.1) is 11.6 Å². The van der Waals surface area contributed by atoms with Crippen LogP contribution in [0, 0.1) is 5.82 Å². The van der Waals surface area contributed by atoms with E-state index in [1.807, 2.05) is 26.8 Å². The van der Waals surface area contributed by atoms with Gasteiger partial charge in [-0.15, -0.1) is 0 Å². The highest BCUT2D eigenvalue weighted by molar-refractivity contribution is 5.83. The Morgan fingerprint density at radius 1 is 1.04 bits per heavy atom. The second-order valence-corrected chi connectivity index (χ2v) is 8.97. The van der Waals surface area contributed by atoms with Gasteiger partial charge in [0.1, 0.15) is 5.82 Å². The minimum absolute atomic E-state index is 0.0661. The molecule has 0 saturated carbocycles. The van der Waals surface area contributed by atoms with Gasteiger partial charge in [-0.2, -0.15) is 0 Å². The van der Waals surface area contributed by atoms with Crippen LogP contribution in [0.1, 0.15) is 72.6 Å². The van der Waals surface area contributed by atoms with E-state index in [1.54, 1.807) is 6.07 Å². The Morgan fingerprint density at radius 3 is 2.17 bits per heavy atom. The summed E-state index contributed by atoms with van der Waals surface area (Å²) in [5.74, 6) is -0.167. The average molecular weight is 333 g/mol. The minimum atomic E-state index is -0.406. The van der Waals surface area contributed by atoms with Crippen LogP contribution in [0.2, 0.25) is 0 Å². The lowest BCUT2D eigenvalue weighted by molar-refractivity contribution is 0.143. The molecule has 2 rings (SSSR count). The average Bonchev–Trinajstić information content (AvgIpc) is 2.75. The number of aromatic nitrogens is 1. The lowest BCUT2D eigenvalue weighted by atomic mass is 9.86. The van der Waals surface area contributed by atoms with E-state index in [-0.39, 0.29) is 16.6 Å². The van der Waals surface area contributed by atoms with Crippen LogP contribution < -0.4 is 0 Å². The molecule has 0 spiro atoms. The molecule has 0 saturated heterocycles. The van der Waals surface area contributed by atoms with Gasteiger partial charge in [-0.1, -0.05) is 54.9 Å². The van der Waals surface area contributed by atoms with Gasteiger partial charge in [0, 0.05) is 23.0 Å². The Bertz CT molecular complexity index is 716. The lowest BCUT2D eigenvalue weighted by Crippen LogP contribution is -2.23.